The molecule has 0 aromatic carbocycles. The van der Waals surface area contributed by atoms with E-state index in [1.165, 1.54) is 4.31 Å². The lowest BCUT2D eigenvalue weighted by Gasteiger charge is -2.25. The molecule has 2 aliphatic rings. The Hall–Kier alpha value is -0.210. The molecule has 0 radical (unpaired) electrons. The number of sulfonamides is 1. The molecule has 3 N–H and O–H groups in total. The summed E-state index contributed by atoms with van der Waals surface area (Å²) in [6, 6.07) is 0. The number of rotatable bonds is 3. The van der Waals surface area contributed by atoms with Crippen LogP contribution in [0.15, 0.2) is 0 Å². The maximum absolute atomic E-state index is 12.1. The lowest BCUT2D eigenvalue weighted by atomic mass is 10.0. The molecular weight excluding hydrogens is 244 g/mol. The Morgan fingerprint density at radius 2 is 1.88 bits per heavy atom. The van der Waals surface area contributed by atoms with Gasteiger partial charge in [0.2, 0.25) is 10.0 Å². The Labute approximate surface area is 102 Å². The highest BCUT2D eigenvalue weighted by molar-refractivity contribution is 7.89. The van der Waals surface area contributed by atoms with Crippen molar-refractivity contribution in [2.75, 3.05) is 31.9 Å². The summed E-state index contributed by atoms with van der Waals surface area (Å²) in [4.78, 5) is 0. The van der Waals surface area contributed by atoms with Gasteiger partial charge >= 0.3 is 0 Å². The smallest absolute Gasteiger partial charge is 0.214 e. The molecule has 2 aliphatic heterocycles. The molecule has 2 fully saturated rings. The van der Waals surface area contributed by atoms with Gasteiger partial charge in [0.15, 0.2) is 0 Å². The highest BCUT2D eigenvalue weighted by Gasteiger charge is 2.37. The summed E-state index contributed by atoms with van der Waals surface area (Å²) < 4.78 is 25.3. The van der Waals surface area contributed by atoms with Crippen molar-refractivity contribution >= 4 is 10.0 Å². The molecular formula is C10H20N2O4S. The predicted molar refractivity (Wildman–Crippen MR) is 63.0 cm³/mol. The van der Waals surface area contributed by atoms with E-state index in [1.54, 1.807) is 0 Å². The molecule has 2 heterocycles. The maximum Gasteiger partial charge on any atom is 0.214 e. The minimum absolute atomic E-state index is 0.0175. The van der Waals surface area contributed by atoms with E-state index in [4.69, 9.17) is 0 Å². The minimum Gasteiger partial charge on any atom is -0.389 e. The zero-order valence-electron chi connectivity index (χ0n) is 9.75. The van der Waals surface area contributed by atoms with Crippen LogP contribution in [0.4, 0.5) is 0 Å². The third kappa shape index (κ3) is 3.17. The molecule has 0 saturated carbocycles. The quantitative estimate of drug-likeness (QED) is 0.568. The second kappa shape index (κ2) is 5.19. The highest BCUT2D eigenvalue weighted by Crippen LogP contribution is 2.19. The SMILES string of the molecule is O=S(=O)(CC1CCCNC1)N1CC(O)C(O)C1. The van der Waals surface area contributed by atoms with E-state index in [9.17, 15) is 18.6 Å². The summed E-state index contributed by atoms with van der Waals surface area (Å²) >= 11 is 0. The highest BCUT2D eigenvalue weighted by atomic mass is 32.2. The average molecular weight is 264 g/mol. The largest absolute Gasteiger partial charge is 0.389 e. The second-order valence-electron chi connectivity index (χ2n) is 4.94. The lowest BCUT2D eigenvalue weighted by molar-refractivity contribution is 0.0572. The van der Waals surface area contributed by atoms with Gasteiger partial charge in [-0.25, -0.2) is 8.42 Å². The zero-order valence-corrected chi connectivity index (χ0v) is 10.6. The molecule has 2 saturated heterocycles. The lowest BCUT2D eigenvalue weighted by Crippen LogP contribution is -2.39. The van der Waals surface area contributed by atoms with Crippen LogP contribution >= 0.6 is 0 Å². The number of β-amino-alcohol motifs (C(OH)–C–C–N with tert-alkyl or cyclic N) is 2. The van der Waals surface area contributed by atoms with Crippen LogP contribution in [0.2, 0.25) is 0 Å². The van der Waals surface area contributed by atoms with Crippen LogP contribution in [0.3, 0.4) is 0 Å². The first-order valence-corrected chi connectivity index (χ1v) is 7.64. The van der Waals surface area contributed by atoms with Gasteiger partial charge in [0.1, 0.15) is 0 Å². The van der Waals surface area contributed by atoms with Crippen LogP contribution < -0.4 is 5.32 Å². The first-order chi connectivity index (χ1) is 7.99. The number of hydrogen-bond acceptors (Lipinski definition) is 5. The van der Waals surface area contributed by atoms with Crippen molar-refractivity contribution in [3.63, 3.8) is 0 Å². The first kappa shape index (κ1) is 13.2. The fourth-order valence-electron chi connectivity index (χ4n) is 2.43. The minimum atomic E-state index is -3.35. The van der Waals surface area contributed by atoms with Gasteiger partial charge in [0.05, 0.1) is 18.0 Å². The van der Waals surface area contributed by atoms with Crippen molar-refractivity contribution in [1.29, 1.82) is 0 Å². The topological polar surface area (TPSA) is 89.9 Å². The van der Waals surface area contributed by atoms with Gasteiger partial charge < -0.3 is 15.5 Å². The van der Waals surface area contributed by atoms with Crippen LogP contribution in [0, 0.1) is 5.92 Å². The van der Waals surface area contributed by atoms with E-state index in [1.807, 2.05) is 0 Å². The van der Waals surface area contributed by atoms with E-state index in [-0.39, 0.29) is 24.8 Å². The number of piperidine rings is 1. The van der Waals surface area contributed by atoms with Crippen LogP contribution in [-0.4, -0.2) is 67.1 Å². The molecule has 17 heavy (non-hydrogen) atoms. The Kier molecular flexibility index (Phi) is 4.04. The Balaban J connectivity index is 1.94. The van der Waals surface area contributed by atoms with Gasteiger partial charge in [-0.1, -0.05) is 0 Å². The maximum atomic E-state index is 12.1. The molecule has 2 rings (SSSR count). The molecule has 6 nitrogen and oxygen atoms in total. The fraction of sp³-hybridized carbons (Fsp3) is 1.00. The summed E-state index contributed by atoms with van der Waals surface area (Å²) in [6.07, 6.45) is 0.0277. The number of hydrogen-bond donors (Lipinski definition) is 3. The Bertz CT molecular complexity index is 343. The molecule has 7 heteroatoms. The first-order valence-electron chi connectivity index (χ1n) is 6.04. The summed E-state index contributed by atoms with van der Waals surface area (Å²) in [5.74, 6) is 0.253. The molecule has 100 valence electrons. The van der Waals surface area contributed by atoms with Crippen molar-refractivity contribution in [2.45, 2.75) is 25.0 Å². The molecule has 3 atom stereocenters. The summed E-state index contributed by atoms with van der Waals surface area (Å²) in [5.41, 5.74) is 0. The van der Waals surface area contributed by atoms with Crippen molar-refractivity contribution in [2.24, 2.45) is 5.92 Å². The molecule has 0 aromatic heterocycles. The van der Waals surface area contributed by atoms with Crippen LogP contribution in [0.1, 0.15) is 12.8 Å². The third-order valence-corrected chi connectivity index (χ3v) is 5.44. The molecule has 0 aromatic rings. The van der Waals surface area contributed by atoms with Crippen LogP contribution in [0.5, 0.6) is 0 Å². The van der Waals surface area contributed by atoms with E-state index < -0.39 is 22.2 Å². The van der Waals surface area contributed by atoms with E-state index >= 15 is 0 Å². The number of nitrogens with zero attached hydrogens (tertiary/aromatic N) is 1. The summed E-state index contributed by atoms with van der Waals surface area (Å²) in [7, 11) is -3.35. The van der Waals surface area contributed by atoms with E-state index in [0.29, 0.717) is 0 Å². The molecule has 0 bridgehead atoms. The summed E-state index contributed by atoms with van der Waals surface area (Å²) in [6.45, 7) is 1.73. The van der Waals surface area contributed by atoms with Gasteiger partial charge in [0, 0.05) is 13.1 Å². The van der Waals surface area contributed by atoms with Gasteiger partial charge in [-0.2, -0.15) is 4.31 Å². The van der Waals surface area contributed by atoms with Crippen molar-refractivity contribution in [3.8, 4) is 0 Å². The van der Waals surface area contributed by atoms with Crippen molar-refractivity contribution < 1.29 is 18.6 Å². The van der Waals surface area contributed by atoms with Gasteiger partial charge in [-0.3, -0.25) is 0 Å². The van der Waals surface area contributed by atoms with Crippen LogP contribution in [0.25, 0.3) is 0 Å². The van der Waals surface area contributed by atoms with Gasteiger partial charge in [-0.05, 0) is 31.8 Å². The molecule has 3 unspecified atom stereocenters. The fourth-order valence-corrected chi connectivity index (χ4v) is 4.28. The Morgan fingerprint density at radius 3 is 2.41 bits per heavy atom. The van der Waals surface area contributed by atoms with Gasteiger partial charge in [0.25, 0.3) is 0 Å². The van der Waals surface area contributed by atoms with Gasteiger partial charge in [-0.15, -0.1) is 0 Å². The van der Waals surface area contributed by atoms with Crippen LogP contribution in [-0.2, 0) is 10.0 Å². The molecule has 0 amide bonds. The zero-order chi connectivity index (χ0) is 12.5. The molecule has 0 spiro atoms. The Morgan fingerprint density at radius 1 is 1.24 bits per heavy atom. The predicted octanol–water partition coefficient (Wildman–Crippen LogP) is -1.65. The van der Waals surface area contributed by atoms with E-state index in [2.05, 4.69) is 5.32 Å². The van der Waals surface area contributed by atoms with E-state index in [0.717, 1.165) is 25.9 Å². The second-order valence-corrected chi connectivity index (χ2v) is 6.96. The number of nitrogens with one attached hydrogen (secondary N) is 1. The van der Waals surface area contributed by atoms with Crippen molar-refractivity contribution in [1.82, 2.24) is 9.62 Å². The summed E-state index contributed by atoms with van der Waals surface area (Å²) in [5, 5.41) is 21.9. The normalized spacial score (nSPS) is 36.2. The standard InChI is InChI=1S/C10H20N2O4S/c13-9-5-12(6-10(9)14)17(15,16)7-8-2-1-3-11-4-8/h8-11,13-14H,1-7H2. The monoisotopic (exact) mass is 264 g/mol. The van der Waals surface area contributed by atoms with Crippen molar-refractivity contribution in [3.05, 3.63) is 0 Å². The molecule has 0 aliphatic carbocycles. The number of aliphatic hydroxyl groups is 2. The third-order valence-electron chi connectivity index (χ3n) is 3.46. The number of aliphatic hydroxyl groups excluding tert-OH is 2. The average Bonchev–Trinajstić information content (AvgIpc) is 2.61.